The second-order valence-corrected chi connectivity index (χ2v) is 8.53. The van der Waals surface area contributed by atoms with Crippen LogP contribution < -0.4 is 4.74 Å². The van der Waals surface area contributed by atoms with Gasteiger partial charge in [0.05, 0.1) is 11.7 Å². The van der Waals surface area contributed by atoms with Gasteiger partial charge in [0.25, 0.3) is 0 Å². The van der Waals surface area contributed by atoms with Crippen LogP contribution in [-0.2, 0) is 13.6 Å². The average Bonchev–Trinajstić information content (AvgIpc) is 3.47. The molecule has 0 saturated heterocycles. The van der Waals surface area contributed by atoms with Gasteiger partial charge in [-0.05, 0) is 50.3 Å². The molecule has 0 spiro atoms. The zero-order valence-corrected chi connectivity index (χ0v) is 18.1. The molecule has 1 heterocycles. The summed E-state index contributed by atoms with van der Waals surface area (Å²) >= 11 is 0. The summed E-state index contributed by atoms with van der Waals surface area (Å²) in [5.41, 5.74) is 4.23. The fourth-order valence-corrected chi connectivity index (χ4v) is 3.91. The second-order valence-electron chi connectivity index (χ2n) is 8.53. The molecule has 1 aliphatic rings. The monoisotopic (exact) mass is 405 g/mol. The predicted molar refractivity (Wildman–Crippen MR) is 120 cm³/mol. The molecule has 0 unspecified atom stereocenters. The molecule has 1 saturated carbocycles. The van der Waals surface area contributed by atoms with Gasteiger partial charge in [-0.15, -0.1) is 0 Å². The Balaban J connectivity index is 1.72. The number of aromatic nitrogens is 2. The summed E-state index contributed by atoms with van der Waals surface area (Å²) in [4.78, 5) is 2.34. The minimum absolute atomic E-state index is 0.373. The highest BCUT2D eigenvalue weighted by molar-refractivity contribution is 5.65. The minimum atomic E-state index is -0.373. The van der Waals surface area contributed by atoms with Crippen LogP contribution in [0.1, 0.15) is 30.9 Å². The van der Waals surface area contributed by atoms with E-state index in [1.54, 1.807) is 0 Å². The van der Waals surface area contributed by atoms with E-state index in [0.29, 0.717) is 13.1 Å². The first kappa shape index (κ1) is 20.6. The van der Waals surface area contributed by atoms with Crippen molar-refractivity contribution in [3.8, 4) is 22.9 Å². The summed E-state index contributed by atoms with van der Waals surface area (Å²) in [6.45, 7) is 6.25. The maximum absolute atomic E-state index is 10.1. The van der Waals surface area contributed by atoms with E-state index in [0.717, 1.165) is 46.5 Å². The van der Waals surface area contributed by atoms with Crippen LogP contribution >= 0.6 is 0 Å². The molecular formula is C25H31N3O2. The first-order valence-corrected chi connectivity index (χ1v) is 10.8. The van der Waals surface area contributed by atoms with E-state index in [2.05, 4.69) is 30.0 Å². The molecule has 5 nitrogen and oxygen atoms in total. The Morgan fingerprint density at radius 3 is 2.60 bits per heavy atom. The quantitative estimate of drug-likeness (QED) is 0.557. The van der Waals surface area contributed by atoms with Gasteiger partial charge in [-0.3, -0.25) is 4.90 Å². The fourth-order valence-electron chi connectivity index (χ4n) is 3.91. The van der Waals surface area contributed by atoms with Gasteiger partial charge in [-0.25, -0.2) is 4.68 Å². The first-order chi connectivity index (χ1) is 14.5. The summed E-state index contributed by atoms with van der Waals surface area (Å²) in [6.07, 6.45) is 2.19. The maximum Gasteiger partial charge on any atom is 0.222 e. The number of nitrogens with zero attached hydrogens (tertiary/aromatic N) is 3. The third-order valence-corrected chi connectivity index (χ3v) is 5.46. The molecular weight excluding hydrogens is 374 g/mol. The van der Waals surface area contributed by atoms with Gasteiger partial charge in [0.2, 0.25) is 5.88 Å². The fraction of sp³-hybridized carbons (Fsp3) is 0.400. The van der Waals surface area contributed by atoms with Crippen LogP contribution in [-0.4, -0.2) is 39.0 Å². The standard InChI is InChI=1S/C25H31N3O2/c1-18-8-7-11-22(14-18)30-25-23(17-28(15-19(2)29)16-20-12-13-20)24(26-27(25)3)21-9-5-4-6-10-21/h4-11,14,19-20,29H,12-13,15-17H2,1-3H3/t19-/m1/s1. The molecule has 0 radical (unpaired) electrons. The van der Waals surface area contributed by atoms with Crippen molar-refractivity contribution in [2.45, 2.75) is 39.3 Å². The van der Waals surface area contributed by atoms with Crippen molar-refractivity contribution in [2.75, 3.05) is 13.1 Å². The van der Waals surface area contributed by atoms with E-state index in [1.807, 2.05) is 55.1 Å². The summed E-state index contributed by atoms with van der Waals surface area (Å²) in [5.74, 6) is 2.30. The lowest BCUT2D eigenvalue weighted by atomic mass is 10.1. The van der Waals surface area contributed by atoms with E-state index in [1.165, 1.54) is 12.8 Å². The third kappa shape index (κ3) is 5.10. The Bertz CT molecular complexity index is 973. The number of hydrogen-bond donors (Lipinski definition) is 1. The molecule has 4 rings (SSSR count). The highest BCUT2D eigenvalue weighted by Gasteiger charge is 2.28. The first-order valence-electron chi connectivity index (χ1n) is 10.8. The summed E-state index contributed by atoms with van der Waals surface area (Å²) in [5, 5.41) is 14.9. The lowest BCUT2D eigenvalue weighted by Crippen LogP contribution is -2.32. The molecule has 2 aromatic carbocycles. The Labute approximate surface area is 178 Å². The van der Waals surface area contributed by atoms with Crippen molar-refractivity contribution in [1.29, 1.82) is 0 Å². The van der Waals surface area contributed by atoms with Crippen LogP contribution in [0.25, 0.3) is 11.3 Å². The SMILES string of the molecule is Cc1cccc(Oc2c(CN(CC3CC3)C[C@@H](C)O)c(-c3ccccc3)nn2C)c1. The van der Waals surface area contributed by atoms with Gasteiger partial charge in [0.1, 0.15) is 11.4 Å². The van der Waals surface area contributed by atoms with E-state index in [9.17, 15) is 5.11 Å². The summed E-state index contributed by atoms with van der Waals surface area (Å²) in [7, 11) is 1.93. The minimum Gasteiger partial charge on any atom is -0.439 e. The van der Waals surface area contributed by atoms with Crippen LogP contribution in [0.2, 0.25) is 0 Å². The molecule has 5 heteroatoms. The summed E-state index contributed by atoms with van der Waals surface area (Å²) < 4.78 is 8.19. The molecule has 1 atom stereocenters. The number of aliphatic hydroxyl groups is 1. The Hall–Kier alpha value is -2.63. The Morgan fingerprint density at radius 2 is 1.93 bits per heavy atom. The molecule has 0 aliphatic heterocycles. The zero-order valence-electron chi connectivity index (χ0n) is 18.1. The number of hydrogen-bond acceptors (Lipinski definition) is 4. The van der Waals surface area contributed by atoms with Crippen LogP contribution in [0.4, 0.5) is 0 Å². The average molecular weight is 406 g/mol. The topological polar surface area (TPSA) is 50.5 Å². The highest BCUT2D eigenvalue weighted by Crippen LogP contribution is 2.36. The van der Waals surface area contributed by atoms with Gasteiger partial charge in [-0.2, -0.15) is 5.10 Å². The van der Waals surface area contributed by atoms with Gasteiger partial charge in [0.15, 0.2) is 0 Å². The van der Waals surface area contributed by atoms with Gasteiger partial charge in [0, 0.05) is 32.2 Å². The van der Waals surface area contributed by atoms with E-state index < -0.39 is 0 Å². The molecule has 1 aromatic heterocycles. The number of benzene rings is 2. The molecule has 0 amide bonds. The van der Waals surface area contributed by atoms with E-state index in [-0.39, 0.29) is 6.10 Å². The maximum atomic E-state index is 10.1. The molecule has 158 valence electrons. The van der Waals surface area contributed by atoms with E-state index in [4.69, 9.17) is 9.84 Å². The molecule has 0 bridgehead atoms. The van der Waals surface area contributed by atoms with Crippen molar-refractivity contribution >= 4 is 0 Å². The Kier molecular flexibility index (Phi) is 6.21. The molecule has 1 fully saturated rings. The smallest absolute Gasteiger partial charge is 0.222 e. The van der Waals surface area contributed by atoms with Crippen molar-refractivity contribution in [2.24, 2.45) is 13.0 Å². The van der Waals surface area contributed by atoms with Crippen molar-refractivity contribution in [3.05, 3.63) is 65.7 Å². The second kappa shape index (κ2) is 9.02. The van der Waals surface area contributed by atoms with Crippen molar-refractivity contribution in [3.63, 3.8) is 0 Å². The molecule has 1 N–H and O–H groups in total. The van der Waals surface area contributed by atoms with Gasteiger partial charge in [-0.1, -0.05) is 42.5 Å². The van der Waals surface area contributed by atoms with Crippen LogP contribution in [0.5, 0.6) is 11.6 Å². The van der Waals surface area contributed by atoms with E-state index >= 15 is 0 Å². The van der Waals surface area contributed by atoms with Crippen LogP contribution in [0.3, 0.4) is 0 Å². The highest BCUT2D eigenvalue weighted by atomic mass is 16.5. The Morgan fingerprint density at radius 1 is 1.17 bits per heavy atom. The predicted octanol–water partition coefficient (Wildman–Crippen LogP) is 4.78. The number of aliphatic hydroxyl groups excluding tert-OH is 1. The van der Waals surface area contributed by atoms with Crippen molar-refractivity contribution in [1.82, 2.24) is 14.7 Å². The van der Waals surface area contributed by atoms with Crippen molar-refractivity contribution < 1.29 is 9.84 Å². The van der Waals surface area contributed by atoms with Gasteiger partial charge < -0.3 is 9.84 Å². The van der Waals surface area contributed by atoms with Crippen LogP contribution in [0, 0.1) is 12.8 Å². The normalized spacial score (nSPS) is 14.8. The molecule has 3 aromatic rings. The number of aryl methyl sites for hydroxylation is 2. The largest absolute Gasteiger partial charge is 0.439 e. The van der Waals surface area contributed by atoms with Gasteiger partial charge >= 0.3 is 0 Å². The lowest BCUT2D eigenvalue weighted by molar-refractivity contribution is 0.119. The molecule has 30 heavy (non-hydrogen) atoms. The van der Waals surface area contributed by atoms with Crippen LogP contribution in [0.15, 0.2) is 54.6 Å². The number of rotatable bonds is 9. The lowest BCUT2D eigenvalue weighted by Gasteiger charge is -2.24. The number of ether oxygens (including phenoxy) is 1. The third-order valence-electron chi connectivity index (χ3n) is 5.46. The summed E-state index contributed by atoms with van der Waals surface area (Å²) in [6, 6.07) is 18.3. The zero-order chi connectivity index (χ0) is 21.1. The molecule has 1 aliphatic carbocycles.